The van der Waals surface area contributed by atoms with Crippen LogP contribution in [-0.4, -0.2) is 11.9 Å². The molecular formula is C15H22Br2O. The van der Waals surface area contributed by atoms with Gasteiger partial charge in [-0.15, -0.1) is 0 Å². The quantitative estimate of drug-likeness (QED) is 0.386. The average Bonchev–Trinajstić information content (AvgIpc) is 2.39. The van der Waals surface area contributed by atoms with E-state index in [4.69, 9.17) is 4.74 Å². The van der Waals surface area contributed by atoms with E-state index in [1.54, 1.807) is 0 Å². The SMILES string of the molecule is CCCCCCCOC(CBr)c1ccccc1Br. The minimum absolute atomic E-state index is 0.145. The first-order chi connectivity index (χ1) is 8.79. The third-order valence-corrected chi connectivity index (χ3v) is 4.27. The predicted octanol–water partition coefficient (Wildman–Crippen LogP) is 5.87. The van der Waals surface area contributed by atoms with Crippen LogP contribution in [0.4, 0.5) is 0 Å². The standard InChI is InChI=1S/C15H22Br2O/c1-2-3-4-5-8-11-18-15(12-16)13-9-6-7-10-14(13)17/h6-7,9-10,15H,2-5,8,11-12H2,1H3. The van der Waals surface area contributed by atoms with Gasteiger partial charge in [0.2, 0.25) is 0 Å². The summed E-state index contributed by atoms with van der Waals surface area (Å²) >= 11 is 7.12. The molecule has 0 amide bonds. The van der Waals surface area contributed by atoms with Crippen LogP contribution in [0.1, 0.15) is 50.7 Å². The number of ether oxygens (including phenoxy) is 1. The number of hydrogen-bond acceptors (Lipinski definition) is 1. The van der Waals surface area contributed by atoms with E-state index in [9.17, 15) is 0 Å². The molecule has 0 saturated carbocycles. The van der Waals surface area contributed by atoms with Crippen molar-refractivity contribution < 1.29 is 4.74 Å². The summed E-state index contributed by atoms with van der Waals surface area (Å²) in [6, 6.07) is 8.27. The molecule has 1 rings (SSSR count). The second-order valence-corrected chi connectivity index (χ2v) is 5.95. The van der Waals surface area contributed by atoms with E-state index in [0.29, 0.717) is 0 Å². The van der Waals surface area contributed by atoms with Crippen molar-refractivity contribution in [1.29, 1.82) is 0 Å². The van der Waals surface area contributed by atoms with Gasteiger partial charge < -0.3 is 4.74 Å². The van der Waals surface area contributed by atoms with E-state index in [2.05, 4.69) is 57.0 Å². The Hall–Kier alpha value is 0.140. The fourth-order valence-electron chi connectivity index (χ4n) is 1.88. The van der Waals surface area contributed by atoms with Crippen LogP contribution in [0.15, 0.2) is 28.7 Å². The zero-order chi connectivity index (χ0) is 13.2. The van der Waals surface area contributed by atoms with Crippen LogP contribution < -0.4 is 0 Å². The molecule has 0 aromatic heterocycles. The van der Waals surface area contributed by atoms with Gasteiger partial charge >= 0.3 is 0 Å². The van der Waals surface area contributed by atoms with Crippen LogP contribution in [0.25, 0.3) is 0 Å². The Morgan fingerprint density at radius 2 is 1.83 bits per heavy atom. The molecular weight excluding hydrogens is 356 g/mol. The average molecular weight is 378 g/mol. The summed E-state index contributed by atoms with van der Waals surface area (Å²) in [6.45, 7) is 3.09. The Morgan fingerprint density at radius 1 is 1.11 bits per heavy atom. The molecule has 0 heterocycles. The third kappa shape index (κ3) is 5.85. The maximum Gasteiger partial charge on any atom is 0.0932 e. The Labute approximate surface area is 128 Å². The smallest absolute Gasteiger partial charge is 0.0932 e. The number of benzene rings is 1. The lowest BCUT2D eigenvalue weighted by Gasteiger charge is -2.17. The number of hydrogen-bond donors (Lipinski definition) is 0. The molecule has 0 aliphatic rings. The van der Waals surface area contributed by atoms with Gasteiger partial charge in [0.15, 0.2) is 0 Å². The fourth-order valence-corrected chi connectivity index (χ4v) is 2.96. The van der Waals surface area contributed by atoms with Gasteiger partial charge in [-0.25, -0.2) is 0 Å². The molecule has 0 bridgehead atoms. The highest BCUT2D eigenvalue weighted by Gasteiger charge is 2.12. The van der Waals surface area contributed by atoms with Gasteiger partial charge in [0.1, 0.15) is 0 Å². The van der Waals surface area contributed by atoms with Gasteiger partial charge in [-0.3, -0.25) is 0 Å². The molecule has 3 heteroatoms. The van der Waals surface area contributed by atoms with Gasteiger partial charge in [-0.1, -0.05) is 82.7 Å². The fraction of sp³-hybridized carbons (Fsp3) is 0.600. The summed E-state index contributed by atoms with van der Waals surface area (Å²) in [5.41, 5.74) is 1.22. The van der Waals surface area contributed by atoms with Crippen molar-refractivity contribution in [3.05, 3.63) is 34.3 Å². The molecule has 18 heavy (non-hydrogen) atoms. The van der Waals surface area contributed by atoms with Crippen molar-refractivity contribution in [3.8, 4) is 0 Å². The molecule has 1 unspecified atom stereocenters. The maximum absolute atomic E-state index is 5.96. The highest BCUT2D eigenvalue weighted by molar-refractivity contribution is 9.10. The number of rotatable bonds is 9. The summed E-state index contributed by atoms with van der Waals surface area (Å²) < 4.78 is 7.09. The molecule has 1 atom stereocenters. The lowest BCUT2D eigenvalue weighted by atomic mass is 10.1. The van der Waals surface area contributed by atoms with E-state index < -0.39 is 0 Å². The lowest BCUT2D eigenvalue weighted by molar-refractivity contribution is 0.0663. The highest BCUT2D eigenvalue weighted by Crippen LogP contribution is 2.27. The van der Waals surface area contributed by atoms with Crippen molar-refractivity contribution in [2.45, 2.75) is 45.1 Å². The summed E-state index contributed by atoms with van der Waals surface area (Å²) in [5.74, 6) is 0. The second-order valence-electron chi connectivity index (χ2n) is 4.45. The molecule has 0 aliphatic carbocycles. The summed E-state index contributed by atoms with van der Waals surface area (Å²) in [5, 5.41) is 0.838. The molecule has 0 N–H and O–H groups in total. The van der Waals surface area contributed by atoms with Crippen LogP contribution in [-0.2, 0) is 4.74 Å². The number of halogens is 2. The number of alkyl halides is 1. The highest BCUT2D eigenvalue weighted by atomic mass is 79.9. The molecule has 0 fully saturated rings. The van der Waals surface area contributed by atoms with E-state index in [1.807, 2.05) is 6.07 Å². The van der Waals surface area contributed by atoms with Crippen LogP contribution in [0.5, 0.6) is 0 Å². The van der Waals surface area contributed by atoms with E-state index in [-0.39, 0.29) is 6.10 Å². The van der Waals surface area contributed by atoms with Crippen molar-refractivity contribution in [2.75, 3.05) is 11.9 Å². The Morgan fingerprint density at radius 3 is 2.50 bits per heavy atom. The van der Waals surface area contributed by atoms with Crippen LogP contribution >= 0.6 is 31.9 Å². The van der Waals surface area contributed by atoms with Crippen molar-refractivity contribution in [1.82, 2.24) is 0 Å². The monoisotopic (exact) mass is 376 g/mol. The Bertz CT molecular complexity index is 328. The topological polar surface area (TPSA) is 9.23 Å². The Kier molecular flexibility index (Phi) is 8.99. The molecule has 1 nitrogen and oxygen atoms in total. The zero-order valence-electron chi connectivity index (χ0n) is 11.0. The molecule has 0 radical (unpaired) electrons. The van der Waals surface area contributed by atoms with E-state index >= 15 is 0 Å². The summed E-state index contributed by atoms with van der Waals surface area (Å²) in [6.07, 6.45) is 6.54. The van der Waals surface area contributed by atoms with Crippen molar-refractivity contribution in [2.24, 2.45) is 0 Å². The molecule has 1 aromatic carbocycles. The summed E-state index contributed by atoms with van der Waals surface area (Å²) in [4.78, 5) is 0. The van der Waals surface area contributed by atoms with Crippen molar-refractivity contribution in [3.63, 3.8) is 0 Å². The predicted molar refractivity (Wildman–Crippen MR) is 85.4 cm³/mol. The van der Waals surface area contributed by atoms with Crippen LogP contribution in [0, 0.1) is 0 Å². The van der Waals surface area contributed by atoms with Gasteiger partial charge in [-0.05, 0) is 18.1 Å². The minimum atomic E-state index is 0.145. The third-order valence-electron chi connectivity index (χ3n) is 2.96. The zero-order valence-corrected chi connectivity index (χ0v) is 14.2. The molecule has 102 valence electrons. The van der Waals surface area contributed by atoms with E-state index in [1.165, 1.54) is 31.2 Å². The van der Waals surface area contributed by atoms with Crippen LogP contribution in [0.2, 0.25) is 0 Å². The van der Waals surface area contributed by atoms with Gasteiger partial charge in [-0.2, -0.15) is 0 Å². The van der Waals surface area contributed by atoms with E-state index in [0.717, 1.165) is 22.8 Å². The first-order valence-corrected chi connectivity index (χ1v) is 8.63. The maximum atomic E-state index is 5.96. The van der Waals surface area contributed by atoms with Crippen LogP contribution in [0.3, 0.4) is 0 Å². The van der Waals surface area contributed by atoms with Gasteiger partial charge in [0, 0.05) is 16.4 Å². The first kappa shape index (κ1) is 16.2. The van der Waals surface area contributed by atoms with Gasteiger partial charge in [0.05, 0.1) is 6.10 Å². The number of unbranched alkanes of at least 4 members (excludes halogenated alkanes) is 4. The molecule has 0 saturated heterocycles. The Balaban J connectivity index is 2.32. The molecule has 1 aromatic rings. The molecule has 0 spiro atoms. The van der Waals surface area contributed by atoms with Crippen molar-refractivity contribution >= 4 is 31.9 Å². The molecule has 0 aliphatic heterocycles. The largest absolute Gasteiger partial charge is 0.373 e. The lowest BCUT2D eigenvalue weighted by Crippen LogP contribution is -2.07. The minimum Gasteiger partial charge on any atom is -0.373 e. The first-order valence-electron chi connectivity index (χ1n) is 6.71. The normalized spacial score (nSPS) is 12.6. The summed E-state index contributed by atoms with van der Waals surface area (Å²) in [7, 11) is 0. The second kappa shape index (κ2) is 9.99. The van der Waals surface area contributed by atoms with Gasteiger partial charge in [0.25, 0.3) is 0 Å².